The number of nitrogens with zero attached hydrogens (tertiary/aromatic N) is 3. The van der Waals surface area contributed by atoms with E-state index >= 15 is 0 Å². The minimum atomic E-state index is 0.147. The Kier molecular flexibility index (Phi) is 4.24. The van der Waals surface area contributed by atoms with E-state index in [9.17, 15) is 4.79 Å². The second-order valence-corrected chi connectivity index (χ2v) is 7.38. The lowest BCUT2D eigenvalue weighted by Gasteiger charge is -2.33. The van der Waals surface area contributed by atoms with Gasteiger partial charge in [0, 0.05) is 56.6 Å². The fourth-order valence-corrected chi connectivity index (χ4v) is 4.33. The number of hydrogen-bond acceptors (Lipinski definition) is 3. The van der Waals surface area contributed by atoms with Gasteiger partial charge < -0.3 is 10.2 Å². The molecule has 1 fully saturated rings. The molecule has 2 aliphatic rings. The second kappa shape index (κ2) is 6.54. The van der Waals surface area contributed by atoms with Gasteiger partial charge in [-0.3, -0.25) is 9.48 Å². The van der Waals surface area contributed by atoms with E-state index < -0.39 is 0 Å². The molecule has 2 unspecified atom stereocenters. The van der Waals surface area contributed by atoms with Crippen molar-refractivity contribution >= 4 is 11.6 Å². The van der Waals surface area contributed by atoms with E-state index in [0.29, 0.717) is 12.0 Å². The molecule has 4 rings (SSSR count). The average molecular weight is 338 g/mol. The van der Waals surface area contributed by atoms with Gasteiger partial charge in [-0.25, -0.2) is 0 Å². The Balaban J connectivity index is 1.53. The Morgan fingerprint density at radius 2 is 1.96 bits per heavy atom. The van der Waals surface area contributed by atoms with Crippen molar-refractivity contribution in [3.8, 4) is 0 Å². The SMILES string of the molecule is CC(=O)N1Cc2ccc(NC3CCCCC3c3ccnn3C)cc2C1. The van der Waals surface area contributed by atoms with E-state index in [2.05, 4.69) is 34.7 Å². The van der Waals surface area contributed by atoms with Crippen LogP contribution in [0, 0.1) is 0 Å². The standard InChI is InChI=1S/C20H26N4O/c1-14(25)24-12-15-7-8-17(11-16(15)13-24)22-19-6-4-3-5-18(19)20-9-10-21-23(20)2/h7-11,18-19,22H,3-6,12-13H2,1-2H3. The molecule has 1 aliphatic carbocycles. The van der Waals surface area contributed by atoms with Gasteiger partial charge in [0.05, 0.1) is 0 Å². The molecule has 1 aromatic heterocycles. The lowest BCUT2D eigenvalue weighted by atomic mass is 9.82. The number of carbonyl (C=O) groups is 1. The monoisotopic (exact) mass is 338 g/mol. The summed E-state index contributed by atoms with van der Waals surface area (Å²) in [4.78, 5) is 13.5. The maximum Gasteiger partial charge on any atom is 0.220 e. The summed E-state index contributed by atoms with van der Waals surface area (Å²) < 4.78 is 2.01. The number of fused-ring (bicyclic) bond motifs is 1. The van der Waals surface area contributed by atoms with E-state index in [0.717, 1.165) is 13.1 Å². The van der Waals surface area contributed by atoms with Gasteiger partial charge >= 0.3 is 0 Å². The summed E-state index contributed by atoms with van der Waals surface area (Å²) in [7, 11) is 2.03. The molecule has 1 saturated carbocycles. The molecule has 132 valence electrons. The van der Waals surface area contributed by atoms with Crippen molar-refractivity contribution in [1.82, 2.24) is 14.7 Å². The smallest absolute Gasteiger partial charge is 0.220 e. The zero-order valence-electron chi connectivity index (χ0n) is 15.0. The summed E-state index contributed by atoms with van der Waals surface area (Å²) >= 11 is 0. The van der Waals surface area contributed by atoms with Crippen LogP contribution >= 0.6 is 0 Å². The number of rotatable bonds is 3. The van der Waals surface area contributed by atoms with Gasteiger partial charge in [-0.15, -0.1) is 0 Å². The van der Waals surface area contributed by atoms with E-state index in [1.807, 2.05) is 22.8 Å². The second-order valence-electron chi connectivity index (χ2n) is 7.38. The summed E-state index contributed by atoms with van der Waals surface area (Å²) in [5.41, 5.74) is 5.03. The number of aryl methyl sites for hydroxylation is 1. The normalized spacial score (nSPS) is 22.7. The van der Waals surface area contributed by atoms with E-state index in [1.165, 1.54) is 48.2 Å². The first kappa shape index (κ1) is 16.2. The summed E-state index contributed by atoms with van der Waals surface area (Å²) in [5, 5.41) is 8.13. The molecule has 0 radical (unpaired) electrons. The van der Waals surface area contributed by atoms with Crippen molar-refractivity contribution < 1.29 is 4.79 Å². The van der Waals surface area contributed by atoms with Gasteiger partial charge in [-0.05, 0) is 42.2 Å². The van der Waals surface area contributed by atoms with Gasteiger partial charge in [-0.2, -0.15) is 5.10 Å². The van der Waals surface area contributed by atoms with Crippen molar-refractivity contribution in [3.05, 3.63) is 47.3 Å². The summed E-state index contributed by atoms with van der Waals surface area (Å²) in [6.07, 6.45) is 6.85. The minimum absolute atomic E-state index is 0.147. The van der Waals surface area contributed by atoms with Crippen LogP contribution in [-0.4, -0.2) is 26.6 Å². The van der Waals surface area contributed by atoms with Crippen LogP contribution in [0.25, 0.3) is 0 Å². The van der Waals surface area contributed by atoms with Crippen LogP contribution in [0.15, 0.2) is 30.5 Å². The van der Waals surface area contributed by atoms with Crippen molar-refractivity contribution in [2.75, 3.05) is 5.32 Å². The molecule has 1 aromatic carbocycles. The summed E-state index contributed by atoms with van der Waals surface area (Å²) in [6.45, 7) is 3.12. The lowest BCUT2D eigenvalue weighted by molar-refractivity contribution is -0.129. The molecule has 1 N–H and O–H groups in total. The van der Waals surface area contributed by atoms with Crippen molar-refractivity contribution in [2.45, 2.75) is 57.7 Å². The number of anilines is 1. The molecule has 2 atom stereocenters. The van der Waals surface area contributed by atoms with E-state index in [4.69, 9.17) is 0 Å². The highest BCUT2D eigenvalue weighted by Gasteiger charge is 2.29. The molecule has 2 aromatic rings. The van der Waals surface area contributed by atoms with Crippen LogP contribution in [-0.2, 0) is 24.9 Å². The Labute approximate surface area is 149 Å². The van der Waals surface area contributed by atoms with Crippen molar-refractivity contribution in [2.24, 2.45) is 7.05 Å². The zero-order valence-corrected chi connectivity index (χ0v) is 15.0. The highest BCUT2D eigenvalue weighted by molar-refractivity contribution is 5.74. The molecule has 25 heavy (non-hydrogen) atoms. The fourth-order valence-electron chi connectivity index (χ4n) is 4.33. The number of nitrogens with one attached hydrogen (secondary N) is 1. The predicted octanol–water partition coefficient (Wildman–Crippen LogP) is 3.42. The van der Waals surface area contributed by atoms with E-state index in [1.54, 1.807) is 6.92 Å². The third-order valence-corrected chi connectivity index (χ3v) is 5.73. The topological polar surface area (TPSA) is 50.2 Å². The maximum atomic E-state index is 11.6. The number of amides is 1. The predicted molar refractivity (Wildman–Crippen MR) is 98.2 cm³/mol. The summed E-state index contributed by atoms with van der Waals surface area (Å²) in [5.74, 6) is 0.650. The molecule has 1 amide bonds. The third kappa shape index (κ3) is 3.15. The number of hydrogen-bond donors (Lipinski definition) is 1. The molecule has 2 heterocycles. The molecule has 0 spiro atoms. The fraction of sp³-hybridized carbons (Fsp3) is 0.500. The van der Waals surface area contributed by atoms with Gasteiger partial charge in [0.25, 0.3) is 0 Å². The van der Waals surface area contributed by atoms with Gasteiger partial charge in [0.2, 0.25) is 5.91 Å². The number of benzene rings is 1. The molecule has 1 aliphatic heterocycles. The van der Waals surface area contributed by atoms with Crippen molar-refractivity contribution in [3.63, 3.8) is 0 Å². The molecule has 0 saturated heterocycles. The van der Waals surface area contributed by atoms with Crippen LogP contribution < -0.4 is 5.32 Å². The largest absolute Gasteiger partial charge is 0.382 e. The molecular formula is C20H26N4O. The van der Waals surface area contributed by atoms with Crippen molar-refractivity contribution in [1.29, 1.82) is 0 Å². The molecule has 0 bridgehead atoms. The first-order chi connectivity index (χ1) is 12.1. The van der Waals surface area contributed by atoms with Crippen LogP contribution in [0.4, 0.5) is 5.69 Å². The molecule has 5 nitrogen and oxygen atoms in total. The highest BCUT2D eigenvalue weighted by Crippen LogP contribution is 2.35. The summed E-state index contributed by atoms with van der Waals surface area (Å²) in [6, 6.07) is 9.15. The lowest BCUT2D eigenvalue weighted by Crippen LogP contribution is -2.31. The highest BCUT2D eigenvalue weighted by atomic mass is 16.2. The van der Waals surface area contributed by atoms with Crippen LogP contribution in [0.2, 0.25) is 0 Å². The quantitative estimate of drug-likeness (QED) is 0.933. The number of aromatic nitrogens is 2. The van der Waals surface area contributed by atoms with Gasteiger partial charge in [0.1, 0.15) is 0 Å². The van der Waals surface area contributed by atoms with Crippen LogP contribution in [0.5, 0.6) is 0 Å². The molecular weight excluding hydrogens is 312 g/mol. The first-order valence-corrected chi connectivity index (χ1v) is 9.23. The van der Waals surface area contributed by atoms with Gasteiger partial charge in [0.15, 0.2) is 0 Å². The maximum absolute atomic E-state index is 11.6. The number of carbonyl (C=O) groups excluding carboxylic acids is 1. The van der Waals surface area contributed by atoms with E-state index in [-0.39, 0.29) is 5.91 Å². The Morgan fingerprint density at radius 1 is 1.16 bits per heavy atom. The Bertz CT molecular complexity index is 782. The minimum Gasteiger partial charge on any atom is -0.382 e. The van der Waals surface area contributed by atoms with Crippen LogP contribution in [0.1, 0.15) is 55.3 Å². The van der Waals surface area contributed by atoms with Gasteiger partial charge in [-0.1, -0.05) is 18.9 Å². The van der Waals surface area contributed by atoms with Crippen LogP contribution in [0.3, 0.4) is 0 Å². The average Bonchev–Trinajstić information content (AvgIpc) is 3.21. The first-order valence-electron chi connectivity index (χ1n) is 9.23. The molecule has 5 heteroatoms. The third-order valence-electron chi connectivity index (χ3n) is 5.73. The zero-order chi connectivity index (χ0) is 17.4. The Hall–Kier alpha value is -2.30. The Morgan fingerprint density at radius 3 is 2.72 bits per heavy atom.